The Morgan fingerprint density at radius 2 is 1.95 bits per heavy atom. The van der Waals surface area contributed by atoms with Crippen molar-refractivity contribution in [2.24, 2.45) is 15.5 Å². The molecule has 110 valence electrons. The smallest absolute Gasteiger partial charge is 0.360 e. The van der Waals surface area contributed by atoms with Crippen molar-refractivity contribution in [3.05, 3.63) is 4.91 Å². The van der Waals surface area contributed by atoms with E-state index in [0.717, 1.165) is 19.3 Å². The fourth-order valence-corrected chi connectivity index (χ4v) is 1.74. The van der Waals surface area contributed by atoms with Gasteiger partial charge in [-0.1, -0.05) is 45.4 Å². The third-order valence-electron chi connectivity index (χ3n) is 2.69. The summed E-state index contributed by atoms with van der Waals surface area (Å²) in [5.41, 5.74) is 5.42. The van der Waals surface area contributed by atoms with E-state index < -0.39 is 12.0 Å². The SMILES string of the molecule is CCCCCCCCC(NC(N)=NS)C(=O)ON=O. The molecule has 0 saturated carbocycles. The minimum Gasteiger partial charge on any atom is -0.369 e. The van der Waals surface area contributed by atoms with Gasteiger partial charge in [0.2, 0.25) is 5.96 Å². The summed E-state index contributed by atoms with van der Waals surface area (Å²) in [7, 11) is 0. The molecule has 0 bridgehead atoms. The molecule has 0 aliphatic carbocycles. The number of nitrogens with two attached hydrogens (primary N) is 1. The fourth-order valence-electron chi connectivity index (χ4n) is 1.69. The number of carbonyl (C=O) groups is 1. The van der Waals surface area contributed by atoms with Gasteiger partial charge in [-0.3, -0.25) is 4.84 Å². The summed E-state index contributed by atoms with van der Waals surface area (Å²) in [4.78, 5) is 25.5. The normalized spacial score (nSPS) is 12.8. The predicted molar refractivity (Wildman–Crippen MR) is 77.4 cm³/mol. The largest absolute Gasteiger partial charge is 0.369 e. The van der Waals surface area contributed by atoms with Crippen molar-refractivity contribution in [3.63, 3.8) is 0 Å². The van der Waals surface area contributed by atoms with Gasteiger partial charge in [0.1, 0.15) is 6.04 Å². The minimum absolute atomic E-state index is 0.00200. The molecule has 0 heterocycles. The van der Waals surface area contributed by atoms with Crippen LogP contribution < -0.4 is 11.1 Å². The van der Waals surface area contributed by atoms with Crippen LogP contribution in [-0.2, 0) is 9.63 Å². The van der Waals surface area contributed by atoms with E-state index >= 15 is 0 Å². The Balaban J connectivity index is 4.05. The second kappa shape index (κ2) is 11.8. The first kappa shape index (κ1) is 17.7. The van der Waals surface area contributed by atoms with Gasteiger partial charge >= 0.3 is 5.97 Å². The number of nitrogens with one attached hydrogen (secondary N) is 1. The number of rotatable bonds is 10. The molecular weight excluding hydrogens is 268 g/mol. The van der Waals surface area contributed by atoms with Gasteiger partial charge in [-0.25, -0.2) is 4.79 Å². The van der Waals surface area contributed by atoms with Crippen LogP contribution in [0.15, 0.2) is 9.74 Å². The molecule has 0 rings (SSSR count). The molecule has 0 radical (unpaired) electrons. The number of thiol groups is 1. The van der Waals surface area contributed by atoms with Crippen LogP contribution in [0.4, 0.5) is 0 Å². The van der Waals surface area contributed by atoms with Crippen molar-refractivity contribution in [1.82, 2.24) is 5.32 Å². The van der Waals surface area contributed by atoms with E-state index in [1.165, 1.54) is 19.3 Å². The molecule has 0 fully saturated rings. The summed E-state index contributed by atoms with van der Waals surface area (Å²) >= 11 is 3.62. The summed E-state index contributed by atoms with van der Waals surface area (Å²) < 4.78 is 3.40. The summed E-state index contributed by atoms with van der Waals surface area (Å²) in [6, 6.07) is -0.722. The zero-order valence-electron chi connectivity index (χ0n) is 11.2. The zero-order chi connectivity index (χ0) is 14.5. The van der Waals surface area contributed by atoms with Gasteiger partial charge in [0, 0.05) is 0 Å². The van der Waals surface area contributed by atoms with Crippen molar-refractivity contribution in [1.29, 1.82) is 0 Å². The quantitative estimate of drug-likeness (QED) is 0.143. The summed E-state index contributed by atoms with van der Waals surface area (Å²) in [5.74, 6) is -0.759. The van der Waals surface area contributed by atoms with Crippen LogP contribution in [0.1, 0.15) is 51.9 Å². The molecule has 0 spiro atoms. The highest BCUT2D eigenvalue weighted by Crippen LogP contribution is 2.09. The molecule has 3 N–H and O–H groups in total. The van der Waals surface area contributed by atoms with E-state index in [-0.39, 0.29) is 5.96 Å². The highest BCUT2D eigenvalue weighted by Gasteiger charge is 2.21. The maximum atomic E-state index is 11.4. The Bertz CT molecular complexity index is 300. The third kappa shape index (κ3) is 9.29. The molecule has 0 aliphatic heterocycles. The maximum absolute atomic E-state index is 11.4. The average Bonchev–Trinajstić information content (AvgIpc) is 2.41. The molecule has 19 heavy (non-hydrogen) atoms. The standard InChI is InChI=1S/C11H22N4O3S/c1-2-3-4-5-6-7-8-9(10(16)18-15-17)13-11(12)14-19/h9,19H,2-8H2,1H3,(H3,12,13,14). The van der Waals surface area contributed by atoms with Crippen LogP contribution in [0.25, 0.3) is 0 Å². The van der Waals surface area contributed by atoms with Gasteiger partial charge in [-0.2, -0.15) is 4.40 Å². The first-order chi connectivity index (χ1) is 9.15. The third-order valence-corrected chi connectivity index (χ3v) is 2.90. The van der Waals surface area contributed by atoms with Crippen molar-refractivity contribution in [3.8, 4) is 0 Å². The number of hydrogen-bond acceptors (Lipinski definition) is 6. The zero-order valence-corrected chi connectivity index (χ0v) is 12.1. The molecule has 0 aromatic rings. The van der Waals surface area contributed by atoms with Crippen LogP contribution in [0.2, 0.25) is 0 Å². The first-order valence-electron chi connectivity index (χ1n) is 6.43. The Morgan fingerprint density at radius 3 is 2.53 bits per heavy atom. The van der Waals surface area contributed by atoms with E-state index in [4.69, 9.17) is 5.73 Å². The van der Waals surface area contributed by atoms with Crippen LogP contribution in [0.3, 0.4) is 0 Å². The Kier molecular flexibility index (Phi) is 11.0. The first-order valence-corrected chi connectivity index (χ1v) is 6.83. The van der Waals surface area contributed by atoms with Crippen molar-refractivity contribution >= 4 is 24.7 Å². The molecule has 7 nitrogen and oxygen atoms in total. The van der Waals surface area contributed by atoms with E-state index in [1.54, 1.807) is 0 Å². The lowest BCUT2D eigenvalue weighted by atomic mass is 10.1. The van der Waals surface area contributed by atoms with Crippen molar-refractivity contribution in [2.75, 3.05) is 0 Å². The molecular formula is C11H22N4O3S. The van der Waals surface area contributed by atoms with Crippen LogP contribution in [-0.4, -0.2) is 18.0 Å². The molecule has 0 aromatic heterocycles. The second-order valence-electron chi connectivity index (χ2n) is 4.22. The van der Waals surface area contributed by atoms with Gasteiger partial charge in [0.05, 0.1) is 0 Å². The lowest BCUT2D eigenvalue weighted by molar-refractivity contribution is -0.146. The molecule has 0 saturated heterocycles. The predicted octanol–water partition coefficient (Wildman–Crippen LogP) is 2.08. The molecule has 0 amide bonds. The van der Waals surface area contributed by atoms with E-state index in [2.05, 4.69) is 39.6 Å². The molecule has 0 aromatic carbocycles. The fraction of sp³-hybridized carbons (Fsp3) is 0.818. The number of unbranched alkanes of at least 4 members (excludes halogenated alkanes) is 5. The van der Waals surface area contributed by atoms with Gasteiger partial charge in [0.25, 0.3) is 0 Å². The number of carbonyl (C=O) groups excluding carboxylic acids is 1. The molecule has 8 heteroatoms. The van der Waals surface area contributed by atoms with E-state index in [0.29, 0.717) is 6.42 Å². The summed E-state index contributed by atoms with van der Waals surface area (Å²) in [6.07, 6.45) is 7.07. The topological polar surface area (TPSA) is 106 Å². The van der Waals surface area contributed by atoms with E-state index in [1.807, 2.05) is 0 Å². The Labute approximate surface area is 118 Å². The Morgan fingerprint density at radius 1 is 1.32 bits per heavy atom. The minimum atomic E-state index is -0.761. The van der Waals surface area contributed by atoms with Crippen LogP contribution in [0.5, 0.6) is 0 Å². The van der Waals surface area contributed by atoms with Gasteiger partial charge < -0.3 is 11.1 Å². The van der Waals surface area contributed by atoms with E-state index in [9.17, 15) is 9.70 Å². The second-order valence-corrected chi connectivity index (χ2v) is 4.42. The number of nitrogens with zero attached hydrogens (tertiary/aromatic N) is 2. The van der Waals surface area contributed by atoms with Gasteiger partial charge in [0.15, 0.2) is 5.34 Å². The van der Waals surface area contributed by atoms with Crippen LogP contribution >= 0.6 is 12.8 Å². The maximum Gasteiger partial charge on any atom is 0.360 e. The lowest BCUT2D eigenvalue weighted by Gasteiger charge is -2.14. The number of guanidine groups is 1. The highest BCUT2D eigenvalue weighted by molar-refractivity contribution is 7.79. The molecule has 1 unspecified atom stereocenters. The highest BCUT2D eigenvalue weighted by atomic mass is 32.1. The monoisotopic (exact) mass is 290 g/mol. The molecule has 0 aliphatic rings. The lowest BCUT2D eigenvalue weighted by Crippen LogP contribution is -2.44. The van der Waals surface area contributed by atoms with Gasteiger partial charge in [-0.05, 0) is 19.2 Å². The molecule has 1 atom stereocenters. The Hall–Kier alpha value is -1.31. The van der Waals surface area contributed by atoms with Crippen LogP contribution in [0, 0.1) is 4.91 Å². The van der Waals surface area contributed by atoms with Crippen molar-refractivity contribution in [2.45, 2.75) is 57.9 Å². The average molecular weight is 290 g/mol. The van der Waals surface area contributed by atoms with Gasteiger partial charge in [-0.15, -0.1) is 4.91 Å². The van der Waals surface area contributed by atoms with Crippen molar-refractivity contribution < 1.29 is 9.63 Å². The summed E-state index contributed by atoms with van der Waals surface area (Å²) in [5, 5.41) is 4.75. The summed E-state index contributed by atoms with van der Waals surface area (Å²) in [6.45, 7) is 2.15. The number of hydrogen-bond donors (Lipinski definition) is 3.